The minimum atomic E-state index is -0.433. The first kappa shape index (κ1) is 17.9. The van der Waals surface area contributed by atoms with Crippen molar-refractivity contribution in [1.29, 1.82) is 0 Å². The topological polar surface area (TPSA) is 62.3 Å². The van der Waals surface area contributed by atoms with Crippen LogP contribution in [0.4, 0.5) is 5.69 Å². The lowest BCUT2D eigenvalue weighted by atomic mass is 10.0. The molecule has 3 heterocycles. The highest BCUT2D eigenvalue weighted by Gasteiger charge is 2.33. The molecule has 1 aliphatic rings. The van der Waals surface area contributed by atoms with Crippen LogP contribution < -0.4 is 5.32 Å². The Morgan fingerprint density at radius 3 is 2.81 bits per heavy atom. The van der Waals surface area contributed by atoms with Crippen molar-refractivity contribution in [1.82, 2.24) is 9.88 Å². The van der Waals surface area contributed by atoms with Gasteiger partial charge in [0, 0.05) is 29.4 Å². The van der Waals surface area contributed by atoms with Crippen LogP contribution in [0.15, 0.2) is 53.4 Å². The molecule has 2 amide bonds. The summed E-state index contributed by atoms with van der Waals surface area (Å²) in [6, 6.07) is 10.9. The molecule has 2 aromatic heterocycles. The van der Waals surface area contributed by atoms with Crippen molar-refractivity contribution in [3.63, 3.8) is 0 Å². The van der Waals surface area contributed by atoms with Crippen molar-refractivity contribution in [3.8, 4) is 10.6 Å². The molecule has 138 valence electrons. The van der Waals surface area contributed by atoms with Gasteiger partial charge in [-0.3, -0.25) is 9.59 Å². The number of thiazole rings is 1. The number of aromatic nitrogens is 1. The molecule has 0 aliphatic carbocycles. The number of benzene rings is 1. The first-order valence-electron chi connectivity index (χ1n) is 8.87. The van der Waals surface area contributed by atoms with E-state index >= 15 is 0 Å². The average molecular weight is 398 g/mol. The minimum absolute atomic E-state index is 0.0543. The lowest BCUT2D eigenvalue weighted by Crippen LogP contribution is -2.49. The molecule has 1 atom stereocenters. The summed E-state index contributed by atoms with van der Waals surface area (Å²) in [5.41, 5.74) is 1.69. The maximum atomic E-state index is 12.9. The Kier molecular flexibility index (Phi) is 5.31. The molecule has 0 spiro atoms. The number of amides is 2. The van der Waals surface area contributed by atoms with Crippen molar-refractivity contribution < 1.29 is 9.59 Å². The van der Waals surface area contributed by atoms with Gasteiger partial charge in [-0.1, -0.05) is 18.2 Å². The van der Waals surface area contributed by atoms with E-state index in [0.717, 1.165) is 29.1 Å². The monoisotopic (exact) mass is 397 g/mol. The van der Waals surface area contributed by atoms with Gasteiger partial charge in [-0.2, -0.15) is 0 Å². The highest BCUT2D eigenvalue weighted by atomic mass is 32.1. The number of thiophene rings is 1. The van der Waals surface area contributed by atoms with E-state index in [1.807, 2.05) is 47.2 Å². The Morgan fingerprint density at radius 1 is 1.11 bits per heavy atom. The third-order valence-corrected chi connectivity index (χ3v) is 6.29. The Bertz CT molecular complexity index is 923. The molecular formula is C20H19N3O2S2. The van der Waals surface area contributed by atoms with Crippen LogP contribution in [0.2, 0.25) is 0 Å². The van der Waals surface area contributed by atoms with E-state index < -0.39 is 6.04 Å². The largest absolute Gasteiger partial charge is 0.326 e. The first-order chi connectivity index (χ1) is 13.2. The van der Waals surface area contributed by atoms with Crippen LogP contribution >= 0.6 is 22.7 Å². The van der Waals surface area contributed by atoms with Gasteiger partial charge in [-0.25, -0.2) is 4.98 Å². The van der Waals surface area contributed by atoms with Gasteiger partial charge in [0.25, 0.3) is 5.91 Å². The normalized spacial score (nSPS) is 16.9. The fraction of sp³-hybridized carbons (Fsp3) is 0.250. The van der Waals surface area contributed by atoms with Crippen LogP contribution in [0.1, 0.15) is 28.9 Å². The lowest BCUT2D eigenvalue weighted by molar-refractivity contribution is -0.121. The predicted molar refractivity (Wildman–Crippen MR) is 109 cm³/mol. The van der Waals surface area contributed by atoms with Crippen LogP contribution in [0.25, 0.3) is 10.6 Å². The molecule has 3 aromatic rings. The molecule has 1 N–H and O–H groups in total. The quantitative estimate of drug-likeness (QED) is 0.705. The molecule has 0 bridgehead atoms. The summed E-state index contributed by atoms with van der Waals surface area (Å²) in [6.07, 6.45) is 4.34. The highest BCUT2D eigenvalue weighted by Crippen LogP contribution is 2.26. The van der Waals surface area contributed by atoms with Gasteiger partial charge in [0.05, 0.1) is 4.88 Å². The van der Waals surface area contributed by atoms with E-state index in [1.54, 1.807) is 22.4 Å². The molecule has 27 heavy (non-hydrogen) atoms. The summed E-state index contributed by atoms with van der Waals surface area (Å²) < 4.78 is 0. The van der Waals surface area contributed by atoms with Crippen LogP contribution in [0, 0.1) is 0 Å². The zero-order valence-corrected chi connectivity index (χ0v) is 16.3. The average Bonchev–Trinajstić information content (AvgIpc) is 3.41. The zero-order valence-electron chi connectivity index (χ0n) is 14.6. The molecule has 0 saturated carbocycles. The summed E-state index contributed by atoms with van der Waals surface area (Å²) in [5.74, 6) is -0.183. The van der Waals surface area contributed by atoms with Crippen LogP contribution in [0.3, 0.4) is 0 Å². The smallest absolute Gasteiger partial charge is 0.264 e. The number of nitrogens with one attached hydrogen (secondary N) is 1. The number of hydrogen-bond acceptors (Lipinski definition) is 5. The molecule has 0 radical (unpaired) electrons. The number of piperidine rings is 1. The number of hydrogen-bond donors (Lipinski definition) is 1. The van der Waals surface area contributed by atoms with Gasteiger partial charge < -0.3 is 10.2 Å². The lowest BCUT2D eigenvalue weighted by Gasteiger charge is -2.34. The van der Waals surface area contributed by atoms with E-state index in [9.17, 15) is 9.59 Å². The zero-order chi connectivity index (χ0) is 18.6. The van der Waals surface area contributed by atoms with Crippen LogP contribution in [-0.2, 0) is 4.79 Å². The highest BCUT2D eigenvalue weighted by molar-refractivity contribution is 7.13. The fourth-order valence-corrected chi connectivity index (χ4v) is 4.62. The third kappa shape index (κ3) is 3.94. The molecule has 7 heteroatoms. The Labute approximate surface area is 165 Å². The van der Waals surface area contributed by atoms with Gasteiger partial charge in [0.2, 0.25) is 5.91 Å². The van der Waals surface area contributed by atoms with Crippen LogP contribution in [-0.4, -0.2) is 34.3 Å². The third-order valence-electron chi connectivity index (χ3n) is 4.61. The second kappa shape index (κ2) is 8.02. The Hall–Kier alpha value is -2.51. The van der Waals surface area contributed by atoms with E-state index in [2.05, 4.69) is 10.3 Å². The summed E-state index contributed by atoms with van der Waals surface area (Å²) >= 11 is 2.97. The molecule has 1 unspecified atom stereocenters. The minimum Gasteiger partial charge on any atom is -0.326 e. The van der Waals surface area contributed by atoms with E-state index in [-0.39, 0.29) is 11.8 Å². The first-order valence-corrected chi connectivity index (χ1v) is 10.6. The standard InChI is InChI=1S/C20H19N3O2S2/c24-18(22-15-6-3-5-14(13-15)19-21-9-12-27-19)16-7-1-2-10-23(16)20(25)17-8-4-11-26-17/h3-6,8-9,11-13,16H,1-2,7,10H2,(H,22,24). The number of carbonyl (C=O) groups excluding carboxylic acids is 2. The van der Waals surface area contributed by atoms with Crippen molar-refractivity contribution in [2.24, 2.45) is 0 Å². The fourth-order valence-electron chi connectivity index (χ4n) is 3.31. The summed E-state index contributed by atoms with van der Waals surface area (Å²) in [6.45, 7) is 0.619. The van der Waals surface area contributed by atoms with Crippen LogP contribution in [0.5, 0.6) is 0 Å². The molecule has 5 nitrogen and oxygen atoms in total. The van der Waals surface area contributed by atoms with E-state index in [4.69, 9.17) is 0 Å². The number of likely N-dealkylation sites (tertiary alicyclic amines) is 1. The summed E-state index contributed by atoms with van der Waals surface area (Å²) in [7, 11) is 0. The number of carbonyl (C=O) groups is 2. The summed E-state index contributed by atoms with van der Waals surface area (Å²) in [4.78, 5) is 32.4. The Morgan fingerprint density at radius 2 is 2.04 bits per heavy atom. The van der Waals surface area contributed by atoms with Crippen molar-refractivity contribution in [3.05, 3.63) is 58.2 Å². The van der Waals surface area contributed by atoms with Crippen molar-refractivity contribution >= 4 is 40.2 Å². The molecule has 1 aliphatic heterocycles. The maximum absolute atomic E-state index is 12.9. The van der Waals surface area contributed by atoms with E-state index in [0.29, 0.717) is 17.8 Å². The molecule has 1 saturated heterocycles. The van der Waals surface area contributed by atoms with Crippen molar-refractivity contribution in [2.45, 2.75) is 25.3 Å². The van der Waals surface area contributed by atoms with Gasteiger partial charge in [0.1, 0.15) is 11.0 Å². The number of rotatable bonds is 4. The summed E-state index contributed by atoms with van der Waals surface area (Å²) in [5, 5.41) is 7.72. The maximum Gasteiger partial charge on any atom is 0.264 e. The molecule has 1 fully saturated rings. The molecule has 1 aromatic carbocycles. The second-order valence-electron chi connectivity index (χ2n) is 6.39. The predicted octanol–water partition coefficient (Wildman–Crippen LogP) is 4.51. The van der Waals surface area contributed by atoms with Gasteiger partial charge in [-0.15, -0.1) is 22.7 Å². The van der Waals surface area contributed by atoms with Gasteiger partial charge >= 0.3 is 0 Å². The van der Waals surface area contributed by atoms with E-state index in [1.165, 1.54) is 11.3 Å². The number of anilines is 1. The number of nitrogens with zero attached hydrogens (tertiary/aromatic N) is 2. The van der Waals surface area contributed by atoms with Gasteiger partial charge in [0.15, 0.2) is 0 Å². The molecule has 4 rings (SSSR count). The van der Waals surface area contributed by atoms with Gasteiger partial charge in [-0.05, 0) is 42.8 Å². The molecular weight excluding hydrogens is 378 g/mol. The van der Waals surface area contributed by atoms with Crippen molar-refractivity contribution in [2.75, 3.05) is 11.9 Å². The second-order valence-corrected chi connectivity index (χ2v) is 8.24. The Balaban J connectivity index is 1.51. The SMILES string of the molecule is O=C(Nc1cccc(-c2nccs2)c1)C1CCCCN1C(=O)c1cccs1.